The smallest absolute Gasteiger partial charge is 0.239 e. The summed E-state index contributed by atoms with van der Waals surface area (Å²) in [5, 5.41) is 5.45. The molecule has 0 aliphatic carbocycles. The Bertz CT molecular complexity index is 587. The van der Waals surface area contributed by atoms with Crippen LogP contribution in [0, 0.1) is 0 Å². The number of carbonyl (C=O) groups is 1. The minimum absolute atomic E-state index is 0.131. The number of likely N-dealkylation sites (N-methyl/N-ethyl adjacent to an activating group) is 1. The largest absolute Gasteiger partial charge is 0.361 e. The molecule has 0 fully saturated rings. The van der Waals surface area contributed by atoms with Crippen LogP contribution in [0.25, 0.3) is 11.4 Å². The third kappa shape index (κ3) is 3.42. The number of nitrogens with one attached hydrogen (secondary N) is 3. The zero-order valence-corrected chi connectivity index (χ0v) is 11.1. The number of carbonyl (C=O) groups excluding carboxylic acids is 1. The predicted molar refractivity (Wildman–Crippen MR) is 77.8 cm³/mol. The summed E-state index contributed by atoms with van der Waals surface area (Å²) in [6.07, 6.45) is 0. The van der Waals surface area contributed by atoms with Crippen LogP contribution in [0.4, 0.5) is 11.6 Å². The van der Waals surface area contributed by atoms with E-state index < -0.39 is 0 Å². The normalized spacial score (nSPS) is 9.90. The number of nitrogens with zero attached hydrogens (tertiary/aromatic N) is 2. The highest BCUT2D eigenvalue weighted by Gasteiger charge is 2.07. The number of aromatic nitrogens is 2. The number of hydrazine groups is 1. The molecule has 2 rings (SSSR count). The maximum Gasteiger partial charge on any atom is 0.239 e. The van der Waals surface area contributed by atoms with Gasteiger partial charge in [-0.3, -0.25) is 4.79 Å². The van der Waals surface area contributed by atoms with Crippen molar-refractivity contribution >= 4 is 17.5 Å². The molecule has 2 aromatic rings. The van der Waals surface area contributed by atoms with Crippen LogP contribution in [0.1, 0.15) is 0 Å². The van der Waals surface area contributed by atoms with Crippen LogP contribution < -0.4 is 21.9 Å². The lowest BCUT2D eigenvalue weighted by Gasteiger charge is -2.09. The Kier molecular flexibility index (Phi) is 4.46. The number of anilines is 2. The second-order valence-electron chi connectivity index (χ2n) is 4.00. The summed E-state index contributed by atoms with van der Waals surface area (Å²) in [5.41, 5.74) is 3.36. The molecule has 1 aromatic heterocycles. The Balaban J connectivity index is 2.27. The van der Waals surface area contributed by atoms with Gasteiger partial charge in [0.2, 0.25) is 5.91 Å². The standard InChI is InChI=1S/C13H16N6O/c1-15-12(20)8-16-10-7-11(19-14)18-13(17-10)9-5-3-2-4-6-9/h2-7H,8,14H2,1H3,(H,15,20)(H2,16,17,18,19). The SMILES string of the molecule is CNC(=O)CNc1cc(NN)nc(-c2ccccc2)n1. The van der Waals surface area contributed by atoms with E-state index in [1.54, 1.807) is 13.1 Å². The number of hydrogen-bond acceptors (Lipinski definition) is 6. The van der Waals surface area contributed by atoms with Gasteiger partial charge in [-0.15, -0.1) is 0 Å². The highest BCUT2D eigenvalue weighted by Crippen LogP contribution is 2.19. The number of nitrogen functional groups attached to an aromatic ring is 1. The van der Waals surface area contributed by atoms with E-state index >= 15 is 0 Å². The molecular weight excluding hydrogens is 256 g/mol. The third-order valence-electron chi connectivity index (χ3n) is 2.61. The quantitative estimate of drug-likeness (QED) is 0.469. The number of rotatable bonds is 5. The van der Waals surface area contributed by atoms with Gasteiger partial charge in [0, 0.05) is 18.7 Å². The fourth-order valence-corrected chi connectivity index (χ4v) is 1.59. The van der Waals surface area contributed by atoms with Gasteiger partial charge in [-0.2, -0.15) is 0 Å². The molecule has 0 aliphatic rings. The lowest BCUT2D eigenvalue weighted by molar-refractivity contribution is -0.118. The molecule has 0 atom stereocenters. The maximum atomic E-state index is 11.2. The first-order valence-corrected chi connectivity index (χ1v) is 6.08. The van der Waals surface area contributed by atoms with E-state index in [4.69, 9.17) is 5.84 Å². The van der Waals surface area contributed by atoms with Gasteiger partial charge in [0.25, 0.3) is 0 Å². The van der Waals surface area contributed by atoms with Crippen molar-refractivity contribution in [1.29, 1.82) is 0 Å². The molecule has 7 nitrogen and oxygen atoms in total. The maximum absolute atomic E-state index is 11.2. The fourth-order valence-electron chi connectivity index (χ4n) is 1.59. The highest BCUT2D eigenvalue weighted by atomic mass is 16.1. The first-order valence-electron chi connectivity index (χ1n) is 6.08. The van der Waals surface area contributed by atoms with E-state index in [9.17, 15) is 4.79 Å². The van der Waals surface area contributed by atoms with E-state index in [-0.39, 0.29) is 12.5 Å². The first-order chi connectivity index (χ1) is 9.72. The molecule has 1 amide bonds. The number of nitrogens with two attached hydrogens (primary N) is 1. The summed E-state index contributed by atoms with van der Waals surface area (Å²) in [4.78, 5) is 19.9. The molecule has 0 aliphatic heterocycles. The minimum Gasteiger partial charge on any atom is -0.361 e. The van der Waals surface area contributed by atoms with Crippen molar-refractivity contribution in [2.45, 2.75) is 0 Å². The van der Waals surface area contributed by atoms with Crippen LogP contribution in [-0.2, 0) is 4.79 Å². The lowest BCUT2D eigenvalue weighted by atomic mass is 10.2. The van der Waals surface area contributed by atoms with E-state index in [1.165, 1.54) is 0 Å². The Morgan fingerprint density at radius 3 is 2.55 bits per heavy atom. The molecule has 20 heavy (non-hydrogen) atoms. The molecular formula is C13H16N6O. The number of hydrogen-bond donors (Lipinski definition) is 4. The zero-order valence-electron chi connectivity index (χ0n) is 11.1. The van der Waals surface area contributed by atoms with Crippen LogP contribution in [0.15, 0.2) is 36.4 Å². The van der Waals surface area contributed by atoms with Crippen LogP contribution in [0.2, 0.25) is 0 Å². The lowest BCUT2D eigenvalue weighted by Crippen LogP contribution is -2.26. The second-order valence-corrected chi connectivity index (χ2v) is 4.00. The molecule has 0 saturated carbocycles. The molecule has 1 aromatic carbocycles. The topological polar surface area (TPSA) is 105 Å². The Morgan fingerprint density at radius 2 is 1.90 bits per heavy atom. The fraction of sp³-hybridized carbons (Fsp3) is 0.154. The van der Waals surface area contributed by atoms with Gasteiger partial charge in [-0.25, -0.2) is 15.8 Å². The van der Waals surface area contributed by atoms with Gasteiger partial charge in [-0.05, 0) is 0 Å². The van der Waals surface area contributed by atoms with Crippen molar-refractivity contribution in [3.63, 3.8) is 0 Å². The van der Waals surface area contributed by atoms with E-state index in [0.717, 1.165) is 5.56 Å². The Morgan fingerprint density at radius 1 is 1.20 bits per heavy atom. The predicted octanol–water partition coefficient (Wildman–Crippen LogP) is 0.587. The molecule has 0 bridgehead atoms. The molecule has 7 heteroatoms. The summed E-state index contributed by atoms with van der Waals surface area (Å²) in [5.74, 6) is 6.79. The first kappa shape index (κ1) is 13.8. The van der Waals surface area contributed by atoms with Crippen molar-refractivity contribution in [1.82, 2.24) is 15.3 Å². The number of benzene rings is 1. The second kappa shape index (κ2) is 6.48. The monoisotopic (exact) mass is 272 g/mol. The van der Waals surface area contributed by atoms with E-state index in [0.29, 0.717) is 17.5 Å². The van der Waals surface area contributed by atoms with Gasteiger partial charge >= 0.3 is 0 Å². The van der Waals surface area contributed by atoms with Crippen molar-refractivity contribution in [2.24, 2.45) is 5.84 Å². The van der Waals surface area contributed by atoms with Crippen LogP contribution in [-0.4, -0.2) is 29.5 Å². The molecule has 0 saturated heterocycles. The molecule has 0 spiro atoms. The third-order valence-corrected chi connectivity index (χ3v) is 2.61. The Hall–Kier alpha value is -2.67. The van der Waals surface area contributed by atoms with Crippen molar-refractivity contribution in [3.8, 4) is 11.4 Å². The van der Waals surface area contributed by atoms with Crippen LogP contribution in [0.3, 0.4) is 0 Å². The summed E-state index contributed by atoms with van der Waals surface area (Å²) < 4.78 is 0. The summed E-state index contributed by atoms with van der Waals surface area (Å²) in [6, 6.07) is 11.2. The van der Waals surface area contributed by atoms with Gasteiger partial charge in [0.15, 0.2) is 5.82 Å². The van der Waals surface area contributed by atoms with Gasteiger partial charge in [0.05, 0.1) is 6.54 Å². The molecule has 0 unspecified atom stereocenters. The molecule has 0 radical (unpaired) electrons. The van der Waals surface area contributed by atoms with Gasteiger partial charge in [-0.1, -0.05) is 30.3 Å². The summed E-state index contributed by atoms with van der Waals surface area (Å²) >= 11 is 0. The van der Waals surface area contributed by atoms with Gasteiger partial charge < -0.3 is 16.1 Å². The molecule has 1 heterocycles. The molecule has 5 N–H and O–H groups in total. The average molecular weight is 272 g/mol. The Labute approximate surface area is 116 Å². The number of amides is 1. The summed E-state index contributed by atoms with van der Waals surface area (Å²) in [6.45, 7) is 0.131. The van der Waals surface area contributed by atoms with E-state index in [1.807, 2.05) is 30.3 Å². The highest BCUT2D eigenvalue weighted by molar-refractivity contribution is 5.80. The zero-order chi connectivity index (χ0) is 14.4. The minimum atomic E-state index is -0.132. The van der Waals surface area contributed by atoms with E-state index in [2.05, 4.69) is 26.0 Å². The van der Waals surface area contributed by atoms with Crippen molar-refractivity contribution in [2.75, 3.05) is 24.3 Å². The van der Waals surface area contributed by atoms with Gasteiger partial charge in [0.1, 0.15) is 11.6 Å². The average Bonchev–Trinajstić information content (AvgIpc) is 2.53. The van der Waals surface area contributed by atoms with Crippen molar-refractivity contribution in [3.05, 3.63) is 36.4 Å². The van der Waals surface area contributed by atoms with Crippen LogP contribution >= 0.6 is 0 Å². The summed E-state index contributed by atoms with van der Waals surface area (Å²) in [7, 11) is 1.58. The molecule has 104 valence electrons. The van der Waals surface area contributed by atoms with Crippen molar-refractivity contribution < 1.29 is 4.79 Å². The van der Waals surface area contributed by atoms with Crippen LogP contribution in [0.5, 0.6) is 0 Å².